The molecule has 0 aliphatic rings. The smallest absolute Gasteiger partial charge is 0.211 e. The van der Waals surface area contributed by atoms with Gasteiger partial charge in [0.15, 0.2) is 0 Å². The molecule has 0 bridgehead atoms. The summed E-state index contributed by atoms with van der Waals surface area (Å²) in [4.78, 5) is 0. The van der Waals surface area contributed by atoms with E-state index in [1.54, 1.807) is 0 Å². The molecule has 2 N–H and O–H groups in total. The van der Waals surface area contributed by atoms with Gasteiger partial charge < -0.3 is 5.11 Å². The van der Waals surface area contributed by atoms with Crippen LogP contribution < -0.4 is 4.72 Å². The minimum absolute atomic E-state index is 0.124. The van der Waals surface area contributed by atoms with E-state index in [0.29, 0.717) is 6.42 Å². The summed E-state index contributed by atoms with van der Waals surface area (Å²) in [7, 11) is -3.19. The Kier molecular flexibility index (Phi) is 7.13. The van der Waals surface area contributed by atoms with Crippen LogP contribution in [0.15, 0.2) is 0 Å². The van der Waals surface area contributed by atoms with Crippen molar-refractivity contribution in [1.29, 1.82) is 0 Å². The van der Waals surface area contributed by atoms with E-state index >= 15 is 0 Å². The van der Waals surface area contributed by atoms with Gasteiger partial charge in [-0.25, -0.2) is 13.1 Å². The van der Waals surface area contributed by atoms with Gasteiger partial charge in [0.2, 0.25) is 10.0 Å². The maximum Gasteiger partial charge on any atom is 0.211 e. The van der Waals surface area contributed by atoms with Crippen molar-refractivity contribution in [2.75, 3.05) is 12.3 Å². The average molecular weight is 237 g/mol. The molecule has 0 saturated carbocycles. The minimum atomic E-state index is -3.19. The van der Waals surface area contributed by atoms with E-state index < -0.39 is 16.1 Å². The second-order valence-corrected chi connectivity index (χ2v) is 5.90. The Morgan fingerprint density at radius 1 is 1.33 bits per heavy atom. The number of hydrogen-bond acceptors (Lipinski definition) is 3. The van der Waals surface area contributed by atoms with Gasteiger partial charge in [-0.3, -0.25) is 0 Å². The van der Waals surface area contributed by atoms with Gasteiger partial charge in [-0.15, -0.1) is 0 Å². The number of unbranched alkanes of at least 4 members (excludes halogenated alkanes) is 1. The molecule has 0 aromatic heterocycles. The molecule has 4 nitrogen and oxygen atoms in total. The molecule has 0 aliphatic heterocycles. The number of rotatable bonds is 8. The van der Waals surface area contributed by atoms with Crippen LogP contribution in [0.2, 0.25) is 0 Å². The summed E-state index contributed by atoms with van der Waals surface area (Å²) < 4.78 is 25.2. The fourth-order valence-corrected chi connectivity index (χ4v) is 2.33. The summed E-state index contributed by atoms with van der Waals surface area (Å²) >= 11 is 0. The SMILES string of the molecule is CCCCS(=O)(=O)NC[C@@H](O)[C@H](C)CC. The fourth-order valence-electron chi connectivity index (χ4n) is 1.09. The molecule has 0 heterocycles. The second kappa shape index (κ2) is 7.19. The molecule has 5 heteroatoms. The Labute approximate surface area is 93.1 Å². The van der Waals surface area contributed by atoms with Crippen LogP contribution >= 0.6 is 0 Å². The average Bonchev–Trinajstić information content (AvgIpc) is 2.22. The van der Waals surface area contributed by atoms with Crippen LogP contribution in [0.25, 0.3) is 0 Å². The van der Waals surface area contributed by atoms with Crippen molar-refractivity contribution in [2.45, 2.75) is 46.1 Å². The van der Waals surface area contributed by atoms with E-state index in [1.807, 2.05) is 20.8 Å². The van der Waals surface area contributed by atoms with Gasteiger partial charge in [-0.2, -0.15) is 0 Å². The Morgan fingerprint density at radius 3 is 2.40 bits per heavy atom. The van der Waals surface area contributed by atoms with Gasteiger partial charge in [0.25, 0.3) is 0 Å². The van der Waals surface area contributed by atoms with E-state index in [9.17, 15) is 13.5 Å². The van der Waals surface area contributed by atoms with Crippen molar-refractivity contribution in [3.05, 3.63) is 0 Å². The zero-order chi connectivity index (χ0) is 11.9. The lowest BCUT2D eigenvalue weighted by Crippen LogP contribution is -2.36. The summed E-state index contributed by atoms with van der Waals surface area (Å²) in [6.07, 6.45) is 1.77. The van der Waals surface area contributed by atoms with E-state index in [0.717, 1.165) is 12.8 Å². The summed E-state index contributed by atoms with van der Waals surface area (Å²) in [5, 5.41) is 9.58. The molecule has 0 aromatic carbocycles. The zero-order valence-electron chi connectivity index (χ0n) is 9.86. The first-order chi connectivity index (χ1) is 6.93. The largest absolute Gasteiger partial charge is 0.391 e. The summed E-state index contributed by atoms with van der Waals surface area (Å²) in [5.41, 5.74) is 0. The third kappa shape index (κ3) is 6.87. The molecule has 0 unspecified atom stereocenters. The van der Waals surface area contributed by atoms with Gasteiger partial charge in [0, 0.05) is 6.54 Å². The highest BCUT2D eigenvalue weighted by Gasteiger charge is 2.16. The molecule has 0 aromatic rings. The highest BCUT2D eigenvalue weighted by molar-refractivity contribution is 7.89. The Hall–Kier alpha value is -0.130. The first-order valence-corrected chi connectivity index (χ1v) is 7.23. The van der Waals surface area contributed by atoms with Crippen molar-refractivity contribution in [2.24, 2.45) is 5.92 Å². The standard InChI is InChI=1S/C10H23NO3S/c1-4-6-7-15(13,14)11-8-10(12)9(3)5-2/h9-12H,4-8H2,1-3H3/t9-,10-/m1/s1. The summed E-state index contributed by atoms with van der Waals surface area (Å²) in [5.74, 6) is 0.273. The Balaban J connectivity index is 3.93. The van der Waals surface area contributed by atoms with Crippen molar-refractivity contribution in [3.8, 4) is 0 Å². The van der Waals surface area contributed by atoms with Crippen LogP contribution in [0.4, 0.5) is 0 Å². The molecule has 0 aliphatic carbocycles. The van der Waals surface area contributed by atoms with E-state index in [2.05, 4.69) is 4.72 Å². The molecular weight excluding hydrogens is 214 g/mol. The number of aliphatic hydroxyl groups excluding tert-OH is 1. The third-order valence-corrected chi connectivity index (χ3v) is 4.01. The second-order valence-electron chi connectivity index (χ2n) is 3.97. The van der Waals surface area contributed by atoms with Crippen LogP contribution in [0.5, 0.6) is 0 Å². The van der Waals surface area contributed by atoms with Crippen LogP contribution in [0.3, 0.4) is 0 Å². The molecule has 0 spiro atoms. The van der Waals surface area contributed by atoms with Gasteiger partial charge in [-0.05, 0) is 12.3 Å². The van der Waals surface area contributed by atoms with Gasteiger partial charge in [-0.1, -0.05) is 33.6 Å². The van der Waals surface area contributed by atoms with Crippen LogP contribution in [-0.4, -0.2) is 31.9 Å². The molecular formula is C10H23NO3S. The van der Waals surface area contributed by atoms with Crippen LogP contribution in [-0.2, 0) is 10.0 Å². The van der Waals surface area contributed by atoms with Crippen molar-refractivity contribution in [3.63, 3.8) is 0 Å². The molecule has 2 atom stereocenters. The predicted octanol–water partition coefficient (Wildman–Crippen LogP) is 1.11. The molecule has 15 heavy (non-hydrogen) atoms. The first-order valence-electron chi connectivity index (χ1n) is 5.58. The van der Waals surface area contributed by atoms with Crippen LogP contribution in [0, 0.1) is 5.92 Å². The summed E-state index contributed by atoms with van der Waals surface area (Å²) in [6, 6.07) is 0. The number of nitrogens with one attached hydrogen (secondary N) is 1. The van der Waals surface area contributed by atoms with E-state index in [-0.39, 0.29) is 18.2 Å². The topological polar surface area (TPSA) is 66.4 Å². The first kappa shape index (κ1) is 14.9. The highest BCUT2D eigenvalue weighted by Crippen LogP contribution is 2.06. The van der Waals surface area contributed by atoms with Gasteiger partial charge in [0.1, 0.15) is 0 Å². The molecule has 0 rings (SSSR count). The number of sulfonamides is 1. The van der Waals surface area contributed by atoms with Crippen LogP contribution in [0.1, 0.15) is 40.0 Å². The van der Waals surface area contributed by atoms with Gasteiger partial charge >= 0.3 is 0 Å². The fraction of sp³-hybridized carbons (Fsp3) is 1.00. The monoisotopic (exact) mass is 237 g/mol. The molecule has 0 amide bonds. The lowest BCUT2D eigenvalue weighted by Gasteiger charge is -2.17. The van der Waals surface area contributed by atoms with Crippen molar-refractivity contribution in [1.82, 2.24) is 4.72 Å². The number of hydrogen-bond donors (Lipinski definition) is 2. The third-order valence-electron chi connectivity index (χ3n) is 2.58. The van der Waals surface area contributed by atoms with Crippen molar-refractivity contribution < 1.29 is 13.5 Å². The molecule has 0 saturated heterocycles. The molecule has 0 radical (unpaired) electrons. The number of aliphatic hydroxyl groups is 1. The Morgan fingerprint density at radius 2 is 1.93 bits per heavy atom. The van der Waals surface area contributed by atoms with Crippen molar-refractivity contribution >= 4 is 10.0 Å². The maximum atomic E-state index is 11.4. The Bertz CT molecular complexity index is 251. The minimum Gasteiger partial charge on any atom is -0.391 e. The summed E-state index contributed by atoms with van der Waals surface area (Å²) in [6.45, 7) is 5.95. The van der Waals surface area contributed by atoms with E-state index in [1.165, 1.54) is 0 Å². The normalized spacial score (nSPS) is 16.3. The zero-order valence-corrected chi connectivity index (χ0v) is 10.7. The predicted molar refractivity (Wildman–Crippen MR) is 62.2 cm³/mol. The van der Waals surface area contributed by atoms with Gasteiger partial charge in [0.05, 0.1) is 11.9 Å². The molecule has 92 valence electrons. The lowest BCUT2D eigenvalue weighted by atomic mass is 10.0. The lowest BCUT2D eigenvalue weighted by molar-refractivity contribution is 0.118. The highest BCUT2D eigenvalue weighted by atomic mass is 32.2. The van der Waals surface area contributed by atoms with E-state index in [4.69, 9.17) is 0 Å². The maximum absolute atomic E-state index is 11.4. The quantitative estimate of drug-likeness (QED) is 0.664. The molecule has 0 fully saturated rings.